The van der Waals surface area contributed by atoms with E-state index in [9.17, 15) is 0 Å². The molecule has 1 aromatic carbocycles. The van der Waals surface area contributed by atoms with Gasteiger partial charge in [0.1, 0.15) is 5.75 Å². The van der Waals surface area contributed by atoms with Gasteiger partial charge >= 0.3 is 0 Å². The summed E-state index contributed by atoms with van der Waals surface area (Å²) in [6.45, 7) is 0. The third-order valence-electron chi connectivity index (χ3n) is 1.61. The number of quaternary nitrogens is 1. The van der Waals surface area contributed by atoms with E-state index in [4.69, 9.17) is 5.11 Å². The largest absolute Gasteiger partial charge is 1.00 e. The molecule has 0 bridgehead atoms. The zero-order valence-electron chi connectivity index (χ0n) is 8.74. The molecule has 78 valence electrons. The highest BCUT2D eigenvalue weighted by Gasteiger charge is 1.99. The number of benzene rings is 1. The second-order valence-electron chi connectivity index (χ2n) is 4.02. The number of phenols is 1. The van der Waals surface area contributed by atoms with E-state index < -0.39 is 0 Å². The van der Waals surface area contributed by atoms with Gasteiger partial charge in [-0.1, -0.05) is 12.1 Å². The van der Waals surface area contributed by atoms with Gasteiger partial charge in [0.25, 0.3) is 0 Å². The molecule has 0 saturated heterocycles. The highest BCUT2D eigenvalue weighted by Crippen LogP contribution is 2.11. The number of hydrogen-bond donors (Lipinski definition) is 1. The number of nitrogens with zero attached hydrogens (tertiary/aromatic N) is 1. The van der Waals surface area contributed by atoms with Crippen molar-refractivity contribution in [1.82, 2.24) is 0 Å². The molecule has 1 aromatic rings. The van der Waals surface area contributed by atoms with Gasteiger partial charge in [0.05, 0.1) is 27.3 Å². The molecular formula is C11H16ClNO. The maximum Gasteiger partial charge on any atom is 0.115 e. The average Bonchev–Trinajstić information content (AvgIpc) is 2.02. The lowest BCUT2D eigenvalue weighted by Gasteiger charge is -2.17. The summed E-state index contributed by atoms with van der Waals surface area (Å²) >= 11 is 0. The van der Waals surface area contributed by atoms with Crippen molar-refractivity contribution in [2.75, 3.05) is 21.1 Å². The smallest absolute Gasteiger partial charge is 0.115 e. The van der Waals surface area contributed by atoms with Crippen LogP contribution in [0.25, 0.3) is 6.08 Å². The van der Waals surface area contributed by atoms with Crippen molar-refractivity contribution in [2.45, 2.75) is 0 Å². The predicted molar refractivity (Wildman–Crippen MR) is 55.2 cm³/mol. The Balaban J connectivity index is 0.00000169. The lowest BCUT2D eigenvalue weighted by molar-refractivity contribution is -0.816. The van der Waals surface area contributed by atoms with Gasteiger partial charge in [-0.2, -0.15) is 0 Å². The zero-order valence-corrected chi connectivity index (χ0v) is 9.49. The van der Waals surface area contributed by atoms with Crippen LogP contribution in [0.4, 0.5) is 0 Å². The summed E-state index contributed by atoms with van der Waals surface area (Å²) in [5.41, 5.74) is 1.10. The molecule has 0 amide bonds. The first-order valence-electron chi connectivity index (χ1n) is 4.27. The van der Waals surface area contributed by atoms with Crippen molar-refractivity contribution in [2.24, 2.45) is 0 Å². The van der Waals surface area contributed by atoms with Gasteiger partial charge in [0.15, 0.2) is 0 Å². The summed E-state index contributed by atoms with van der Waals surface area (Å²) in [6, 6.07) is 7.16. The average molecular weight is 214 g/mol. The number of aromatic hydroxyl groups is 1. The van der Waals surface area contributed by atoms with Crippen molar-refractivity contribution in [3.05, 3.63) is 36.0 Å². The fraction of sp³-hybridized carbons (Fsp3) is 0.273. The molecule has 0 atom stereocenters. The quantitative estimate of drug-likeness (QED) is 0.630. The van der Waals surface area contributed by atoms with E-state index in [1.54, 1.807) is 12.1 Å². The molecule has 1 N–H and O–H groups in total. The molecule has 0 aromatic heterocycles. The number of rotatable bonds is 2. The number of phenolic OH excluding ortho intramolecular Hbond substituents is 1. The molecule has 0 fully saturated rings. The van der Waals surface area contributed by atoms with Crippen LogP contribution in [0.1, 0.15) is 5.56 Å². The summed E-state index contributed by atoms with van der Waals surface area (Å²) in [4.78, 5) is 0. The molecule has 1 rings (SSSR count). The molecule has 0 aliphatic rings. The minimum atomic E-state index is 0. The first-order chi connectivity index (χ1) is 5.97. The molecule has 14 heavy (non-hydrogen) atoms. The summed E-state index contributed by atoms with van der Waals surface area (Å²) in [7, 11) is 6.28. The zero-order chi connectivity index (χ0) is 9.90. The van der Waals surface area contributed by atoms with E-state index in [-0.39, 0.29) is 12.4 Å². The van der Waals surface area contributed by atoms with E-state index in [1.165, 1.54) is 0 Å². The molecule has 0 unspecified atom stereocenters. The van der Waals surface area contributed by atoms with Crippen molar-refractivity contribution in [3.8, 4) is 5.75 Å². The second kappa shape index (κ2) is 5.03. The summed E-state index contributed by atoms with van der Waals surface area (Å²) in [5, 5.41) is 9.06. The first-order valence-corrected chi connectivity index (χ1v) is 4.27. The van der Waals surface area contributed by atoms with Crippen molar-refractivity contribution in [3.63, 3.8) is 0 Å². The van der Waals surface area contributed by atoms with Gasteiger partial charge < -0.3 is 22.0 Å². The fourth-order valence-corrected chi connectivity index (χ4v) is 0.895. The highest BCUT2D eigenvalue weighted by molar-refractivity contribution is 5.49. The molecule has 0 aliphatic carbocycles. The van der Waals surface area contributed by atoms with E-state index in [1.807, 2.05) is 18.2 Å². The van der Waals surface area contributed by atoms with Gasteiger partial charge in [-0.05, 0) is 23.8 Å². The van der Waals surface area contributed by atoms with Crippen LogP contribution in [-0.2, 0) is 0 Å². The highest BCUT2D eigenvalue weighted by atomic mass is 35.5. The fourth-order valence-electron chi connectivity index (χ4n) is 0.895. The summed E-state index contributed by atoms with van der Waals surface area (Å²) in [6.07, 6.45) is 4.13. The van der Waals surface area contributed by atoms with Crippen LogP contribution in [0.3, 0.4) is 0 Å². The minimum Gasteiger partial charge on any atom is -1.00 e. The Morgan fingerprint density at radius 2 is 1.57 bits per heavy atom. The van der Waals surface area contributed by atoms with E-state index in [2.05, 4.69) is 27.3 Å². The Kier molecular flexibility index (Phi) is 4.68. The second-order valence-corrected chi connectivity index (χ2v) is 4.02. The van der Waals surface area contributed by atoms with Crippen LogP contribution in [0.15, 0.2) is 30.5 Å². The maximum absolute atomic E-state index is 9.06. The molecule has 0 spiro atoms. The van der Waals surface area contributed by atoms with Crippen LogP contribution in [0.2, 0.25) is 0 Å². The summed E-state index contributed by atoms with van der Waals surface area (Å²) in [5.74, 6) is 0.308. The monoisotopic (exact) mass is 213 g/mol. The van der Waals surface area contributed by atoms with E-state index >= 15 is 0 Å². The topological polar surface area (TPSA) is 20.2 Å². The first kappa shape index (κ1) is 13.0. The van der Waals surface area contributed by atoms with Crippen LogP contribution >= 0.6 is 0 Å². The van der Waals surface area contributed by atoms with Gasteiger partial charge in [-0.25, -0.2) is 0 Å². The van der Waals surface area contributed by atoms with Crippen molar-refractivity contribution < 1.29 is 22.0 Å². The van der Waals surface area contributed by atoms with Gasteiger partial charge in [-0.3, -0.25) is 0 Å². The predicted octanol–water partition coefficient (Wildman–Crippen LogP) is -0.927. The van der Waals surface area contributed by atoms with Crippen molar-refractivity contribution >= 4 is 6.08 Å². The van der Waals surface area contributed by atoms with E-state index in [0.29, 0.717) is 5.75 Å². The van der Waals surface area contributed by atoms with Gasteiger partial charge in [-0.15, -0.1) is 0 Å². The van der Waals surface area contributed by atoms with Crippen LogP contribution < -0.4 is 12.4 Å². The van der Waals surface area contributed by atoms with Crippen LogP contribution in [0.5, 0.6) is 5.75 Å². The molecule has 0 radical (unpaired) electrons. The molecule has 0 heterocycles. The van der Waals surface area contributed by atoms with Gasteiger partial charge in [0.2, 0.25) is 0 Å². The normalized spacial score (nSPS) is 11.4. The lowest BCUT2D eigenvalue weighted by Crippen LogP contribution is -3.00. The third-order valence-corrected chi connectivity index (χ3v) is 1.61. The molecule has 0 saturated carbocycles. The van der Waals surface area contributed by atoms with Crippen LogP contribution in [0, 0.1) is 0 Å². The Morgan fingerprint density at radius 1 is 1.07 bits per heavy atom. The van der Waals surface area contributed by atoms with Crippen molar-refractivity contribution in [1.29, 1.82) is 0 Å². The molecule has 2 nitrogen and oxygen atoms in total. The molecule has 3 heteroatoms. The Labute approximate surface area is 91.5 Å². The number of halogens is 1. The Bertz CT molecular complexity index is 298. The lowest BCUT2D eigenvalue weighted by atomic mass is 10.2. The maximum atomic E-state index is 9.06. The van der Waals surface area contributed by atoms with Crippen LogP contribution in [-0.4, -0.2) is 30.7 Å². The Hall–Kier alpha value is -0.990. The van der Waals surface area contributed by atoms with Gasteiger partial charge in [0, 0.05) is 0 Å². The minimum absolute atomic E-state index is 0. The number of hydrogen-bond acceptors (Lipinski definition) is 1. The molecular weight excluding hydrogens is 198 g/mol. The Morgan fingerprint density at radius 3 is 2.00 bits per heavy atom. The summed E-state index contributed by atoms with van der Waals surface area (Å²) < 4.78 is 0.793. The molecule has 0 aliphatic heterocycles. The van der Waals surface area contributed by atoms with E-state index in [0.717, 1.165) is 10.0 Å². The SMILES string of the molecule is C[N+](C)(C)/C=C/c1ccc(O)cc1.[Cl-]. The standard InChI is InChI=1S/C11H15NO.ClH/c1-12(2,3)9-8-10-4-6-11(13)7-5-10;/h4-9H,1-3H3;1H/b9-8+;. The third kappa shape index (κ3) is 4.90.